The number of likely N-dealkylation sites (tertiary alicyclic amines) is 1. The predicted molar refractivity (Wildman–Crippen MR) is 86.5 cm³/mol. The van der Waals surface area contributed by atoms with E-state index in [-0.39, 0.29) is 11.9 Å². The largest absolute Gasteiger partial charge is 0.458 e. The number of nitrogens with one attached hydrogen (secondary N) is 1. The highest BCUT2D eigenvalue weighted by Crippen LogP contribution is 2.34. The zero-order valence-corrected chi connectivity index (χ0v) is 13.0. The van der Waals surface area contributed by atoms with Crippen LogP contribution in [0.25, 0.3) is 11.5 Å². The van der Waals surface area contributed by atoms with Crippen LogP contribution in [-0.4, -0.2) is 32.9 Å². The van der Waals surface area contributed by atoms with Gasteiger partial charge in [0.1, 0.15) is 17.3 Å². The van der Waals surface area contributed by atoms with Crippen molar-refractivity contribution in [2.75, 3.05) is 6.54 Å². The van der Waals surface area contributed by atoms with Crippen LogP contribution in [0.2, 0.25) is 0 Å². The average molecular weight is 327 g/mol. The summed E-state index contributed by atoms with van der Waals surface area (Å²) in [7, 11) is 0. The highest BCUT2D eigenvalue weighted by Gasteiger charge is 2.32. The lowest BCUT2D eigenvalue weighted by atomic mass is 10.0. The monoisotopic (exact) mass is 327 g/mol. The summed E-state index contributed by atoms with van der Waals surface area (Å²) in [5.74, 6) is 1.27. The highest BCUT2D eigenvalue weighted by molar-refractivity contribution is 5.51. The molecule has 1 aliphatic rings. The number of aliphatic hydroxyl groups excluding tert-OH is 1. The van der Waals surface area contributed by atoms with Gasteiger partial charge < -0.3 is 9.52 Å². The van der Waals surface area contributed by atoms with Crippen LogP contribution in [0, 0.1) is 5.82 Å². The topological polar surface area (TPSA) is 65.3 Å². The maximum atomic E-state index is 13.5. The van der Waals surface area contributed by atoms with Gasteiger partial charge in [-0.15, -0.1) is 0 Å². The molecule has 2 atom stereocenters. The third-order valence-electron chi connectivity index (χ3n) is 4.40. The van der Waals surface area contributed by atoms with Gasteiger partial charge in [-0.2, -0.15) is 5.10 Å². The molecule has 0 aliphatic carbocycles. The average Bonchev–Trinajstić information content (AvgIpc) is 3.28. The number of aliphatic hydroxyl groups is 1. The van der Waals surface area contributed by atoms with Crippen LogP contribution >= 0.6 is 0 Å². The van der Waals surface area contributed by atoms with Gasteiger partial charge in [0.2, 0.25) is 0 Å². The van der Waals surface area contributed by atoms with Crippen molar-refractivity contribution in [1.82, 2.24) is 15.1 Å². The van der Waals surface area contributed by atoms with E-state index in [1.54, 1.807) is 12.3 Å². The van der Waals surface area contributed by atoms with Crippen molar-refractivity contribution in [2.45, 2.75) is 25.1 Å². The molecule has 2 aromatic heterocycles. The highest BCUT2D eigenvalue weighted by atomic mass is 19.1. The van der Waals surface area contributed by atoms with Crippen molar-refractivity contribution in [3.8, 4) is 11.5 Å². The van der Waals surface area contributed by atoms with Gasteiger partial charge in [0.15, 0.2) is 5.76 Å². The van der Waals surface area contributed by atoms with Crippen molar-refractivity contribution in [3.05, 3.63) is 65.8 Å². The van der Waals surface area contributed by atoms with E-state index in [0.29, 0.717) is 19.5 Å². The Balaban J connectivity index is 1.54. The minimum atomic E-state index is -0.416. The zero-order chi connectivity index (χ0) is 16.5. The number of β-amino-alcohol motifs (C(OH)–C–C–N with tert-alkyl or cyclic N) is 1. The Labute approximate surface area is 138 Å². The van der Waals surface area contributed by atoms with Gasteiger partial charge in [0, 0.05) is 18.8 Å². The quantitative estimate of drug-likeness (QED) is 0.773. The zero-order valence-electron chi connectivity index (χ0n) is 13.0. The molecular weight excluding hydrogens is 309 g/mol. The maximum absolute atomic E-state index is 13.5. The standard InChI is InChI=1S/C18H18FN3O2/c19-13-3-1-2-12(8-13)17-9-14(23)10-22(17)11-15-4-5-18(24-15)16-6-7-20-21-16/h1-8,14,17,23H,9-11H2,(H,20,21)/t14-,17-/m1/s1. The molecule has 1 saturated heterocycles. The summed E-state index contributed by atoms with van der Waals surface area (Å²) >= 11 is 0. The molecule has 3 aromatic rings. The third-order valence-corrected chi connectivity index (χ3v) is 4.40. The fourth-order valence-electron chi connectivity index (χ4n) is 3.32. The number of hydrogen-bond acceptors (Lipinski definition) is 4. The fourth-order valence-corrected chi connectivity index (χ4v) is 3.32. The van der Waals surface area contributed by atoms with E-state index >= 15 is 0 Å². The smallest absolute Gasteiger partial charge is 0.152 e. The van der Waals surface area contributed by atoms with Crippen molar-refractivity contribution >= 4 is 0 Å². The first-order valence-corrected chi connectivity index (χ1v) is 7.95. The van der Waals surface area contributed by atoms with E-state index in [1.165, 1.54) is 12.1 Å². The molecule has 124 valence electrons. The molecular formula is C18H18FN3O2. The van der Waals surface area contributed by atoms with E-state index in [4.69, 9.17) is 4.42 Å². The molecule has 5 nitrogen and oxygen atoms in total. The molecule has 0 unspecified atom stereocenters. The number of aromatic nitrogens is 2. The van der Waals surface area contributed by atoms with Crippen molar-refractivity contribution < 1.29 is 13.9 Å². The van der Waals surface area contributed by atoms with E-state index in [2.05, 4.69) is 15.1 Å². The van der Waals surface area contributed by atoms with Crippen LogP contribution in [0.3, 0.4) is 0 Å². The maximum Gasteiger partial charge on any atom is 0.152 e. The lowest BCUT2D eigenvalue weighted by Crippen LogP contribution is -2.24. The first kappa shape index (κ1) is 15.1. The first-order valence-electron chi connectivity index (χ1n) is 7.95. The molecule has 0 bridgehead atoms. The second-order valence-corrected chi connectivity index (χ2v) is 6.13. The number of furan rings is 1. The summed E-state index contributed by atoms with van der Waals surface area (Å²) in [5.41, 5.74) is 1.70. The van der Waals surface area contributed by atoms with Crippen LogP contribution in [0.5, 0.6) is 0 Å². The molecule has 3 heterocycles. The summed E-state index contributed by atoms with van der Waals surface area (Å²) < 4.78 is 19.4. The van der Waals surface area contributed by atoms with Crippen molar-refractivity contribution in [3.63, 3.8) is 0 Å². The molecule has 24 heavy (non-hydrogen) atoms. The summed E-state index contributed by atoms with van der Waals surface area (Å²) in [4.78, 5) is 2.12. The van der Waals surface area contributed by atoms with Gasteiger partial charge in [-0.05, 0) is 42.3 Å². The van der Waals surface area contributed by atoms with Crippen LogP contribution in [0.1, 0.15) is 23.8 Å². The molecule has 1 aliphatic heterocycles. The van der Waals surface area contributed by atoms with Gasteiger partial charge in [0.05, 0.1) is 12.6 Å². The molecule has 1 fully saturated rings. The number of nitrogens with zero attached hydrogens (tertiary/aromatic N) is 2. The normalized spacial score (nSPS) is 21.4. The first-order chi connectivity index (χ1) is 11.7. The Morgan fingerprint density at radius 1 is 1.29 bits per heavy atom. The minimum absolute atomic E-state index is 0.0172. The van der Waals surface area contributed by atoms with Crippen LogP contribution in [0.15, 0.2) is 53.1 Å². The van der Waals surface area contributed by atoms with Gasteiger partial charge in [-0.3, -0.25) is 10.00 Å². The Hall–Kier alpha value is -2.44. The second kappa shape index (κ2) is 6.22. The summed E-state index contributed by atoms with van der Waals surface area (Å²) in [6.07, 6.45) is 1.85. The van der Waals surface area contributed by atoms with Crippen LogP contribution < -0.4 is 0 Å². The summed E-state index contributed by atoms with van der Waals surface area (Å²) in [5, 5.41) is 16.8. The molecule has 0 radical (unpaired) electrons. The number of halogens is 1. The Kier molecular flexibility index (Phi) is 3.92. The van der Waals surface area contributed by atoms with E-state index < -0.39 is 6.10 Å². The second-order valence-electron chi connectivity index (χ2n) is 6.13. The van der Waals surface area contributed by atoms with Crippen molar-refractivity contribution in [1.29, 1.82) is 0 Å². The number of aromatic amines is 1. The Morgan fingerprint density at radius 3 is 3.00 bits per heavy atom. The molecule has 4 rings (SSSR count). The number of rotatable bonds is 4. The van der Waals surface area contributed by atoms with Crippen molar-refractivity contribution in [2.24, 2.45) is 0 Å². The number of benzene rings is 1. The van der Waals surface area contributed by atoms with E-state index in [0.717, 1.165) is 22.8 Å². The predicted octanol–water partition coefficient (Wildman–Crippen LogP) is 3.12. The molecule has 0 spiro atoms. The molecule has 0 amide bonds. The lowest BCUT2D eigenvalue weighted by molar-refractivity contribution is 0.168. The van der Waals surface area contributed by atoms with Gasteiger partial charge in [-0.1, -0.05) is 12.1 Å². The van der Waals surface area contributed by atoms with Gasteiger partial charge in [0.25, 0.3) is 0 Å². The van der Waals surface area contributed by atoms with Gasteiger partial charge >= 0.3 is 0 Å². The molecule has 1 aromatic carbocycles. The molecule has 6 heteroatoms. The van der Waals surface area contributed by atoms with E-state index in [9.17, 15) is 9.50 Å². The van der Waals surface area contributed by atoms with E-state index in [1.807, 2.05) is 24.3 Å². The lowest BCUT2D eigenvalue weighted by Gasteiger charge is -2.23. The minimum Gasteiger partial charge on any atom is -0.458 e. The Morgan fingerprint density at radius 2 is 2.21 bits per heavy atom. The summed E-state index contributed by atoms with van der Waals surface area (Å²) in [6.45, 7) is 1.10. The Bertz CT molecular complexity index is 815. The SMILES string of the molecule is O[C@@H]1C[C@H](c2cccc(F)c2)N(Cc2ccc(-c3ccn[nH]3)o2)C1. The molecule has 2 N–H and O–H groups in total. The molecule has 0 saturated carbocycles. The van der Waals surface area contributed by atoms with Crippen LogP contribution in [-0.2, 0) is 6.54 Å². The summed E-state index contributed by atoms with van der Waals surface area (Å²) in [6, 6.07) is 12.2. The van der Waals surface area contributed by atoms with Crippen LogP contribution in [0.4, 0.5) is 4.39 Å². The fraction of sp³-hybridized carbons (Fsp3) is 0.278. The third kappa shape index (κ3) is 2.98. The number of hydrogen-bond donors (Lipinski definition) is 2. The van der Waals surface area contributed by atoms with Gasteiger partial charge in [-0.25, -0.2) is 4.39 Å². The number of H-pyrrole nitrogens is 1.